The van der Waals surface area contributed by atoms with Gasteiger partial charge in [-0.25, -0.2) is 9.37 Å². The molecule has 0 aliphatic carbocycles. The Hall–Kier alpha value is -1.82. The number of hydrogen-bond donors (Lipinski definition) is 1. The predicted octanol–water partition coefficient (Wildman–Crippen LogP) is 4.56. The molecule has 1 aromatic carbocycles. The average molecular weight is 349 g/mol. The van der Waals surface area contributed by atoms with Crippen LogP contribution in [0.15, 0.2) is 29.4 Å². The molecule has 4 nitrogen and oxygen atoms in total. The molecule has 0 fully saturated rings. The number of aromatic nitrogens is 2. The van der Waals surface area contributed by atoms with E-state index >= 15 is 0 Å². The molecule has 0 aliphatic rings. The smallest absolute Gasteiger partial charge is 0.237 e. The van der Waals surface area contributed by atoms with Crippen molar-refractivity contribution in [1.82, 2.24) is 9.55 Å². The lowest BCUT2D eigenvalue weighted by Crippen LogP contribution is -2.23. The van der Waals surface area contributed by atoms with Crippen LogP contribution in [0.2, 0.25) is 0 Å². The zero-order chi connectivity index (χ0) is 17.7. The second kappa shape index (κ2) is 8.33. The minimum atomic E-state index is -0.366. The van der Waals surface area contributed by atoms with E-state index < -0.39 is 0 Å². The third-order valence-electron chi connectivity index (χ3n) is 3.90. The van der Waals surface area contributed by atoms with Crippen LogP contribution < -0.4 is 5.32 Å². The fourth-order valence-electron chi connectivity index (χ4n) is 2.31. The molecule has 0 radical (unpaired) electrons. The number of unbranched alkanes of at least 4 members (excludes halogenated alkanes) is 1. The first-order chi connectivity index (χ1) is 11.4. The Morgan fingerprint density at radius 1 is 1.42 bits per heavy atom. The molecule has 24 heavy (non-hydrogen) atoms. The van der Waals surface area contributed by atoms with Gasteiger partial charge in [-0.2, -0.15) is 0 Å². The molecule has 1 atom stereocenters. The van der Waals surface area contributed by atoms with Crippen LogP contribution in [-0.2, 0) is 11.3 Å². The monoisotopic (exact) mass is 349 g/mol. The topological polar surface area (TPSA) is 46.9 Å². The molecule has 1 N–H and O–H groups in total. The van der Waals surface area contributed by atoms with E-state index in [9.17, 15) is 9.18 Å². The first-order valence-electron chi connectivity index (χ1n) is 8.19. The summed E-state index contributed by atoms with van der Waals surface area (Å²) >= 11 is 1.43. The lowest BCUT2D eigenvalue weighted by molar-refractivity contribution is -0.115. The molecular formula is C18H24FN3OS. The molecule has 0 saturated carbocycles. The summed E-state index contributed by atoms with van der Waals surface area (Å²) in [6.45, 7) is 8.94. The van der Waals surface area contributed by atoms with Gasteiger partial charge < -0.3 is 9.88 Å². The van der Waals surface area contributed by atoms with E-state index in [0.717, 1.165) is 35.9 Å². The van der Waals surface area contributed by atoms with Crippen LogP contribution in [-0.4, -0.2) is 20.7 Å². The summed E-state index contributed by atoms with van der Waals surface area (Å²) in [4.78, 5) is 16.9. The van der Waals surface area contributed by atoms with Gasteiger partial charge in [-0.05, 0) is 45.4 Å². The van der Waals surface area contributed by atoms with Crippen LogP contribution >= 0.6 is 11.8 Å². The maximum atomic E-state index is 13.2. The molecule has 0 spiro atoms. The molecule has 1 aromatic heterocycles. The maximum Gasteiger partial charge on any atom is 0.237 e. The highest BCUT2D eigenvalue weighted by molar-refractivity contribution is 8.00. The van der Waals surface area contributed by atoms with Crippen molar-refractivity contribution in [3.63, 3.8) is 0 Å². The summed E-state index contributed by atoms with van der Waals surface area (Å²) in [5.74, 6) is -0.527. The Morgan fingerprint density at radius 3 is 2.83 bits per heavy atom. The molecule has 0 saturated heterocycles. The second-order valence-electron chi connectivity index (χ2n) is 5.83. The van der Waals surface area contributed by atoms with Crippen molar-refractivity contribution in [3.8, 4) is 0 Å². The van der Waals surface area contributed by atoms with Crippen LogP contribution in [0.25, 0.3) is 0 Å². The largest absolute Gasteiger partial charge is 0.325 e. The van der Waals surface area contributed by atoms with Crippen molar-refractivity contribution in [2.45, 2.75) is 57.5 Å². The number of thioether (sulfide) groups is 1. The molecule has 0 bridgehead atoms. The Bertz CT molecular complexity index is 714. The van der Waals surface area contributed by atoms with Crippen molar-refractivity contribution in [2.75, 3.05) is 5.32 Å². The highest BCUT2D eigenvalue weighted by Gasteiger charge is 2.19. The number of carbonyl (C=O) groups is 1. The summed E-state index contributed by atoms with van der Waals surface area (Å²) in [6, 6.07) is 5.91. The lowest BCUT2D eigenvalue weighted by Gasteiger charge is -2.14. The molecular weight excluding hydrogens is 325 g/mol. The number of benzene rings is 1. The number of anilines is 1. The lowest BCUT2D eigenvalue weighted by atomic mass is 10.3. The highest BCUT2D eigenvalue weighted by atomic mass is 32.2. The molecule has 0 aliphatic heterocycles. The number of nitrogens with one attached hydrogen (secondary N) is 1. The van der Waals surface area contributed by atoms with Gasteiger partial charge in [0.1, 0.15) is 5.82 Å². The molecule has 1 amide bonds. The normalized spacial score (nSPS) is 12.2. The number of carbonyl (C=O) groups excluding carboxylic acids is 1. The van der Waals surface area contributed by atoms with Gasteiger partial charge in [-0.15, -0.1) is 0 Å². The van der Waals surface area contributed by atoms with Gasteiger partial charge in [0, 0.05) is 17.9 Å². The number of hydrogen-bond acceptors (Lipinski definition) is 3. The molecule has 6 heteroatoms. The van der Waals surface area contributed by atoms with Gasteiger partial charge in [0.15, 0.2) is 5.16 Å². The predicted molar refractivity (Wildman–Crippen MR) is 97.0 cm³/mol. The van der Waals surface area contributed by atoms with Gasteiger partial charge in [0.05, 0.1) is 10.9 Å². The number of rotatable bonds is 7. The summed E-state index contributed by atoms with van der Waals surface area (Å²) in [7, 11) is 0. The van der Waals surface area contributed by atoms with E-state index in [4.69, 9.17) is 0 Å². The van der Waals surface area contributed by atoms with Gasteiger partial charge in [-0.3, -0.25) is 4.79 Å². The standard InChI is InChI=1S/C18H24FN3OS/c1-5-6-10-22-13(3)12(2)20-18(22)24-14(4)17(23)21-16-9-7-8-15(19)11-16/h7-9,11,14H,5-6,10H2,1-4H3,(H,21,23). The zero-order valence-electron chi connectivity index (χ0n) is 14.6. The van der Waals surface area contributed by atoms with Gasteiger partial charge >= 0.3 is 0 Å². The van der Waals surface area contributed by atoms with Crippen molar-refractivity contribution in [1.29, 1.82) is 0 Å². The van der Waals surface area contributed by atoms with E-state index in [1.54, 1.807) is 12.1 Å². The molecule has 1 unspecified atom stereocenters. The van der Waals surface area contributed by atoms with E-state index in [1.165, 1.54) is 23.9 Å². The van der Waals surface area contributed by atoms with Gasteiger partial charge in [0.25, 0.3) is 0 Å². The average Bonchev–Trinajstić information content (AvgIpc) is 2.79. The van der Waals surface area contributed by atoms with Crippen LogP contribution in [0, 0.1) is 19.7 Å². The summed E-state index contributed by atoms with van der Waals surface area (Å²) in [5.41, 5.74) is 2.60. The summed E-state index contributed by atoms with van der Waals surface area (Å²) in [5, 5.41) is 3.29. The number of aryl methyl sites for hydroxylation is 1. The van der Waals surface area contributed by atoms with Crippen LogP contribution in [0.1, 0.15) is 38.1 Å². The van der Waals surface area contributed by atoms with Gasteiger partial charge in [0.2, 0.25) is 5.91 Å². The summed E-state index contributed by atoms with van der Waals surface area (Å²) < 4.78 is 15.4. The number of imidazole rings is 1. The Labute approximate surface area is 146 Å². The van der Waals surface area contributed by atoms with Crippen LogP contribution in [0.4, 0.5) is 10.1 Å². The van der Waals surface area contributed by atoms with Crippen LogP contribution in [0.5, 0.6) is 0 Å². The fourth-order valence-corrected chi connectivity index (χ4v) is 3.34. The third-order valence-corrected chi connectivity index (χ3v) is 4.99. The highest BCUT2D eigenvalue weighted by Crippen LogP contribution is 2.26. The Kier molecular flexibility index (Phi) is 6.43. The SMILES string of the molecule is CCCCn1c(SC(C)C(=O)Nc2cccc(F)c2)nc(C)c1C. The van der Waals surface area contributed by atoms with E-state index in [1.807, 2.05) is 13.8 Å². The number of amides is 1. The molecule has 2 rings (SSSR count). The Balaban J connectivity index is 2.07. The first kappa shape index (κ1) is 18.5. The summed E-state index contributed by atoms with van der Waals surface area (Å²) in [6.07, 6.45) is 2.18. The number of nitrogens with zero attached hydrogens (tertiary/aromatic N) is 2. The van der Waals surface area contributed by atoms with E-state index in [2.05, 4.69) is 28.7 Å². The molecule has 2 aromatic rings. The first-order valence-corrected chi connectivity index (χ1v) is 9.07. The van der Waals surface area contributed by atoms with Crippen molar-refractivity contribution in [2.24, 2.45) is 0 Å². The quantitative estimate of drug-likeness (QED) is 0.746. The van der Waals surface area contributed by atoms with E-state index in [-0.39, 0.29) is 17.0 Å². The van der Waals surface area contributed by atoms with E-state index in [0.29, 0.717) is 5.69 Å². The number of halogens is 1. The minimum absolute atomic E-state index is 0.161. The Morgan fingerprint density at radius 2 is 2.17 bits per heavy atom. The van der Waals surface area contributed by atoms with Crippen molar-refractivity contribution < 1.29 is 9.18 Å². The molecule has 130 valence electrons. The minimum Gasteiger partial charge on any atom is -0.325 e. The fraction of sp³-hybridized carbons (Fsp3) is 0.444. The second-order valence-corrected chi connectivity index (χ2v) is 7.14. The van der Waals surface area contributed by atoms with Crippen LogP contribution in [0.3, 0.4) is 0 Å². The van der Waals surface area contributed by atoms with Crippen molar-refractivity contribution in [3.05, 3.63) is 41.5 Å². The van der Waals surface area contributed by atoms with Gasteiger partial charge in [-0.1, -0.05) is 31.2 Å². The molecule has 1 heterocycles. The third kappa shape index (κ3) is 4.60. The van der Waals surface area contributed by atoms with Crippen molar-refractivity contribution >= 4 is 23.4 Å². The zero-order valence-corrected chi connectivity index (χ0v) is 15.4. The maximum absolute atomic E-state index is 13.2.